The van der Waals surface area contributed by atoms with Crippen molar-refractivity contribution in [2.24, 2.45) is 10.4 Å². The molecule has 2 aromatic rings. The summed E-state index contributed by atoms with van der Waals surface area (Å²) in [6.45, 7) is 12.9. The van der Waals surface area contributed by atoms with Crippen LogP contribution in [0, 0.1) is 11.2 Å². The predicted molar refractivity (Wildman–Crippen MR) is 162 cm³/mol. The monoisotopic (exact) mass is 536 g/mol. The van der Waals surface area contributed by atoms with Crippen molar-refractivity contribution in [1.82, 2.24) is 0 Å². The van der Waals surface area contributed by atoms with Gasteiger partial charge in [-0.1, -0.05) is 63.6 Å². The maximum atomic E-state index is 13.8. The molecule has 1 N–H and O–H groups in total. The van der Waals surface area contributed by atoms with E-state index in [2.05, 4.69) is 81.3 Å². The van der Waals surface area contributed by atoms with Gasteiger partial charge in [0.1, 0.15) is 17.4 Å². The van der Waals surface area contributed by atoms with Crippen LogP contribution in [0.25, 0.3) is 5.57 Å². The zero-order valence-electron chi connectivity index (χ0n) is 23.7. The average Bonchev–Trinajstić information content (AvgIpc) is 2.85. The number of allylic oxidation sites excluding steroid dienone is 5. The number of amidine groups is 1. The minimum Gasteiger partial charge on any atom is -0.490 e. The molecule has 0 heterocycles. The second-order valence-corrected chi connectivity index (χ2v) is 11.3. The first-order valence-electron chi connectivity index (χ1n) is 13.7. The topological polar surface area (TPSA) is 33.6 Å². The molecule has 5 heteroatoms. The van der Waals surface area contributed by atoms with E-state index in [0.717, 1.165) is 53.7 Å². The van der Waals surface area contributed by atoms with Crippen LogP contribution in [0.2, 0.25) is 5.02 Å². The molecule has 0 amide bonds. The SMILES string of the molecule is CC\C=C(C(=C/N=C(C)Nc1cc(F)cc(Cl)c1)/C(C)=C/CC)\c1ccc(OC2CCC(C)(C)CC2)cc1. The zero-order valence-corrected chi connectivity index (χ0v) is 24.5. The summed E-state index contributed by atoms with van der Waals surface area (Å²) in [5, 5.41) is 3.48. The van der Waals surface area contributed by atoms with Crippen molar-refractivity contribution >= 4 is 28.7 Å². The third kappa shape index (κ3) is 8.87. The highest BCUT2D eigenvalue weighted by Crippen LogP contribution is 2.37. The van der Waals surface area contributed by atoms with Gasteiger partial charge in [0.2, 0.25) is 0 Å². The molecule has 0 radical (unpaired) electrons. The number of ether oxygens (including phenoxy) is 1. The Labute approximate surface area is 233 Å². The molecule has 0 bridgehead atoms. The summed E-state index contributed by atoms with van der Waals surface area (Å²) in [6.07, 6.45) is 13.1. The molecule has 1 aliphatic rings. The van der Waals surface area contributed by atoms with E-state index in [0.29, 0.717) is 28.1 Å². The molecule has 0 aromatic heterocycles. The first kappa shape index (κ1) is 29.7. The summed E-state index contributed by atoms with van der Waals surface area (Å²) >= 11 is 6.00. The van der Waals surface area contributed by atoms with Gasteiger partial charge in [0.15, 0.2) is 0 Å². The van der Waals surface area contributed by atoms with Crippen LogP contribution in [0.5, 0.6) is 5.75 Å². The van der Waals surface area contributed by atoms with Crippen LogP contribution >= 0.6 is 11.6 Å². The second kappa shape index (κ2) is 13.8. The van der Waals surface area contributed by atoms with Crippen molar-refractivity contribution < 1.29 is 9.13 Å². The molecule has 0 saturated heterocycles. The van der Waals surface area contributed by atoms with Crippen LogP contribution < -0.4 is 10.1 Å². The Morgan fingerprint density at radius 2 is 1.71 bits per heavy atom. The van der Waals surface area contributed by atoms with E-state index in [1.165, 1.54) is 25.0 Å². The highest BCUT2D eigenvalue weighted by atomic mass is 35.5. The van der Waals surface area contributed by atoms with E-state index in [4.69, 9.17) is 16.3 Å². The number of halogens is 2. The molecule has 1 aliphatic carbocycles. The van der Waals surface area contributed by atoms with Gasteiger partial charge in [-0.3, -0.25) is 0 Å². The number of rotatable bonds is 9. The van der Waals surface area contributed by atoms with Gasteiger partial charge in [-0.2, -0.15) is 0 Å². The molecular weight excluding hydrogens is 495 g/mol. The number of nitrogens with zero attached hydrogens (tertiary/aromatic N) is 1. The molecule has 1 saturated carbocycles. The van der Waals surface area contributed by atoms with Gasteiger partial charge >= 0.3 is 0 Å². The predicted octanol–water partition coefficient (Wildman–Crippen LogP) is 10.4. The van der Waals surface area contributed by atoms with Crippen molar-refractivity contribution in [2.75, 3.05) is 5.32 Å². The van der Waals surface area contributed by atoms with Gasteiger partial charge in [0.25, 0.3) is 0 Å². The number of hydrogen-bond donors (Lipinski definition) is 1. The molecule has 3 rings (SSSR count). The summed E-state index contributed by atoms with van der Waals surface area (Å²) in [6, 6.07) is 12.8. The van der Waals surface area contributed by atoms with Gasteiger partial charge in [-0.05, 0) is 105 Å². The lowest BCUT2D eigenvalue weighted by molar-refractivity contribution is 0.0988. The maximum absolute atomic E-state index is 13.8. The van der Waals surface area contributed by atoms with Crippen LogP contribution in [0.1, 0.15) is 85.6 Å². The standard InChI is InChI=1S/C33H42ClFN2O/c1-7-9-23(3)32(22-36-24(4)37-28-20-26(34)19-27(35)21-28)31(10-8-2)25-11-13-29(14-12-25)38-30-15-17-33(5,6)18-16-30/h9-14,19-22,30H,7-8,15-18H2,1-6H3,(H,36,37)/b23-9+,31-10-,32-22+. The van der Waals surface area contributed by atoms with E-state index >= 15 is 0 Å². The van der Waals surface area contributed by atoms with Crippen LogP contribution in [0.4, 0.5) is 10.1 Å². The van der Waals surface area contributed by atoms with Gasteiger partial charge < -0.3 is 10.1 Å². The number of hydrogen-bond acceptors (Lipinski definition) is 2. The minimum absolute atomic E-state index is 0.294. The first-order valence-corrected chi connectivity index (χ1v) is 14.1. The molecule has 0 aliphatic heterocycles. The fourth-order valence-electron chi connectivity index (χ4n) is 4.81. The average molecular weight is 537 g/mol. The first-order chi connectivity index (χ1) is 18.1. The van der Waals surface area contributed by atoms with E-state index in [1.54, 1.807) is 6.07 Å². The maximum Gasteiger partial charge on any atom is 0.126 e. The molecule has 1 fully saturated rings. The minimum atomic E-state index is -0.390. The Balaban J connectivity index is 1.84. The number of aliphatic imine (C=N–C) groups is 1. The number of benzene rings is 2. The Morgan fingerprint density at radius 1 is 1.05 bits per heavy atom. The summed E-state index contributed by atoms with van der Waals surface area (Å²) in [5.41, 5.74) is 5.45. The van der Waals surface area contributed by atoms with E-state index in [1.807, 2.05) is 13.1 Å². The van der Waals surface area contributed by atoms with Crippen molar-refractivity contribution in [3.05, 3.63) is 88.4 Å². The molecule has 2 aromatic carbocycles. The third-order valence-corrected chi connectivity index (χ3v) is 7.18. The smallest absolute Gasteiger partial charge is 0.126 e. The Kier molecular flexibility index (Phi) is 10.8. The zero-order chi connectivity index (χ0) is 27.7. The van der Waals surface area contributed by atoms with Crippen LogP contribution in [0.15, 0.2) is 77.0 Å². The van der Waals surface area contributed by atoms with E-state index < -0.39 is 5.82 Å². The second-order valence-electron chi connectivity index (χ2n) is 10.9. The van der Waals surface area contributed by atoms with E-state index in [9.17, 15) is 4.39 Å². The van der Waals surface area contributed by atoms with Gasteiger partial charge in [0.05, 0.1) is 6.10 Å². The lowest BCUT2D eigenvalue weighted by Crippen LogP contribution is -2.28. The molecule has 38 heavy (non-hydrogen) atoms. The van der Waals surface area contributed by atoms with Crippen LogP contribution in [-0.4, -0.2) is 11.9 Å². The number of nitrogens with one attached hydrogen (secondary N) is 1. The molecule has 0 unspecified atom stereocenters. The van der Waals surface area contributed by atoms with Crippen molar-refractivity contribution in [3.8, 4) is 5.75 Å². The lowest BCUT2D eigenvalue weighted by Gasteiger charge is -2.34. The van der Waals surface area contributed by atoms with Gasteiger partial charge in [-0.25, -0.2) is 9.38 Å². The lowest BCUT2D eigenvalue weighted by atomic mass is 9.76. The highest BCUT2D eigenvalue weighted by molar-refractivity contribution is 6.30. The normalized spacial score (nSPS) is 17.5. The summed E-state index contributed by atoms with van der Waals surface area (Å²) < 4.78 is 20.1. The summed E-state index contributed by atoms with van der Waals surface area (Å²) in [7, 11) is 0. The fraction of sp³-hybridized carbons (Fsp3) is 0.424. The van der Waals surface area contributed by atoms with Crippen molar-refractivity contribution in [3.63, 3.8) is 0 Å². The molecular formula is C33H42ClFN2O. The molecule has 0 atom stereocenters. The van der Waals surface area contributed by atoms with Crippen molar-refractivity contribution in [1.29, 1.82) is 0 Å². The largest absolute Gasteiger partial charge is 0.490 e. The molecule has 0 spiro atoms. The Bertz CT molecular complexity index is 1180. The molecule has 204 valence electrons. The summed E-state index contributed by atoms with van der Waals surface area (Å²) in [4.78, 5) is 4.69. The van der Waals surface area contributed by atoms with E-state index in [-0.39, 0.29) is 0 Å². The number of anilines is 1. The quantitative estimate of drug-likeness (QED) is 0.196. The Hall–Kier alpha value is -2.85. The van der Waals surface area contributed by atoms with Crippen molar-refractivity contribution in [2.45, 2.75) is 86.2 Å². The Morgan fingerprint density at radius 3 is 2.32 bits per heavy atom. The highest BCUT2D eigenvalue weighted by Gasteiger charge is 2.27. The third-order valence-electron chi connectivity index (χ3n) is 6.96. The fourth-order valence-corrected chi connectivity index (χ4v) is 5.03. The van der Waals surface area contributed by atoms with Crippen LogP contribution in [-0.2, 0) is 0 Å². The summed E-state index contributed by atoms with van der Waals surface area (Å²) in [5.74, 6) is 1.18. The van der Waals surface area contributed by atoms with Gasteiger partial charge in [-0.15, -0.1) is 0 Å². The van der Waals surface area contributed by atoms with Crippen LogP contribution in [0.3, 0.4) is 0 Å². The van der Waals surface area contributed by atoms with Gasteiger partial charge in [0, 0.05) is 22.5 Å². The molecule has 3 nitrogen and oxygen atoms in total.